The van der Waals surface area contributed by atoms with E-state index in [9.17, 15) is 4.21 Å². The van der Waals surface area contributed by atoms with Gasteiger partial charge in [0.25, 0.3) is 0 Å². The van der Waals surface area contributed by atoms with Crippen LogP contribution in [0.3, 0.4) is 0 Å². The van der Waals surface area contributed by atoms with Crippen molar-refractivity contribution in [3.05, 3.63) is 23.8 Å². The van der Waals surface area contributed by atoms with Crippen LogP contribution in [-0.4, -0.2) is 84.5 Å². The Morgan fingerprint density at radius 2 is 1.83 bits per heavy atom. The summed E-state index contributed by atoms with van der Waals surface area (Å²) >= 11 is 0. The van der Waals surface area contributed by atoms with E-state index in [1.807, 2.05) is 39.0 Å². The zero-order valence-corrected chi connectivity index (χ0v) is 22.2. The molecule has 0 amide bonds. The third-order valence-electron chi connectivity index (χ3n) is 5.02. The lowest BCUT2D eigenvalue weighted by Crippen LogP contribution is -2.52. The molecule has 1 aliphatic rings. The average molecular weight is 553 g/mol. The number of guanidine groups is 1. The monoisotopic (exact) mass is 552 g/mol. The van der Waals surface area contributed by atoms with Crippen LogP contribution in [0.5, 0.6) is 11.5 Å². The van der Waals surface area contributed by atoms with Gasteiger partial charge in [0.2, 0.25) is 0 Å². The lowest BCUT2D eigenvalue weighted by atomic mass is 10.1. The highest BCUT2D eigenvalue weighted by Gasteiger charge is 2.22. The van der Waals surface area contributed by atoms with E-state index in [1.165, 1.54) is 0 Å². The molecule has 0 bridgehead atoms. The molecule has 1 aliphatic heterocycles. The van der Waals surface area contributed by atoms with Gasteiger partial charge in [-0.1, -0.05) is 0 Å². The van der Waals surface area contributed by atoms with Crippen LogP contribution >= 0.6 is 24.0 Å². The average Bonchev–Trinajstić information content (AvgIpc) is 2.71. The number of benzene rings is 1. The van der Waals surface area contributed by atoms with Crippen molar-refractivity contribution in [1.82, 2.24) is 15.1 Å². The number of piperazine rings is 1. The largest absolute Gasteiger partial charge is 0.497 e. The van der Waals surface area contributed by atoms with E-state index in [2.05, 4.69) is 20.1 Å². The van der Waals surface area contributed by atoms with Crippen molar-refractivity contribution in [1.29, 1.82) is 0 Å². The molecule has 30 heavy (non-hydrogen) atoms. The van der Waals surface area contributed by atoms with Crippen molar-refractivity contribution < 1.29 is 13.7 Å². The molecule has 1 aromatic rings. The van der Waals surface area contributed by atoms with E-state index >= 15 is 0 Å². The van der Waals surface area contributed by atoms with Gasteiger partial charge >= 0.3 is 0 Å². The zero-order chi connectivity index (χ0) is 21.4. The summed E-state index contributed by atoms with van der Waals surface area (Å²) in [6, 6.07) is 5.92. The Kier molecular flexibility index (Phi) is 11.4. The van der Waals surface area contributed by atoms with Crippen LogP contribution in [0.2, 0.25) is 0 Å². The van der Waals surface area contributed by atoms with Crippen LogP contribution < -0.4 is 14.8 Å². The Hall–Kier alpha value is -1.07. The van der Waals surface area contributed by atoms with E-state index in [0.717, 1.165) is 55.7 Å². The minimum Gasteiger partial charge on any atom is -0.497 e. The Morgan fingerprint density at radius 1 is 1.17 bits per heavy atom. The number of hydrogen-bond donors (Lipinski definition) is 1. The maximum absolute atomic E-state index is 12.2. The zero-order valence-electron chi connectivity index (χ0n) is 19.1. The predicted molar refractivity (Wildman–Crippen MR) is 136 cm³/mol. The lowest BCUT2D eigenvalue weighted by Gasteiger charge is -2.36. The van der Waals surface area contributed by atoms with Crippen molar-refractivity contribution in [2.45, 2.75) is 32.1 Å². The Bertz CT molecular complexity index is 717. The maximum atomic E-state index is 12.2. The summed E-state index contributed by atoms with van der Waals surface area (Å²) in [6.07, 6.45) is 0. The fourth-order valence-corrected chi connectivity index (χ4v) is 4.16. The number of methoxy groups -OCH3 is 2. The summed E-state index contributed by atoms with van der Waals surface area (Å²) in [5, 5.41) is 3.37. The van der Waals surface area contributed by atoms with Gasteiger partial charge in [-0.3, -0.25) is 14.1 Å². The number of rotatable bonds is 7. The van der Waals surface area contributed by atoms with E-state index in [-0.39, 0.29) is 28.7 Å². The van der Waals surface area contributed by atoms with Crippen molar-refractivity contribution >= 4 is 40.7 Å². The van der Waals surface area contributed by atoms with Crippen LogP contribution in [0.15, 0.2) is 23.2 Å². The molecule has 1 aromatic carbocycles. The number of aliphatic imine (C=N–C) groups is 1. The van der Waals surface area contributed by atoms with Crippen LogP contribution in [0.4, 0.5) is 0 Å². The molecule has 7 nitrogen and oxygen atoms in total. The first-order valence-corrected chi connectivity index (χ1v) is 11.4. The topological polar surface area (TPSA) is 66.4 Å². The Labute approximate surface area is 201 Å². The SMILES string of the molecule is CN=C(NCCS(=O)C(C)(C)C)N1CCN(Cc2cc(OC)ccc2OC)CC1.I. The quantitative estimate of drug-likeness (QED) is 0.319. The second-order valence-corrected chi connectivity index (χ2v) is 10.4. The van der Waals surface area contributed by atoms with Crippen molar-refractivity contribution in [2.24, 2.45) is 4.99 Å². The first-order valence-electron chi connectivity index (χ1n) is 10.1. The second kappa shape index (κ2) is 12.7. The molecule has 1 N–H and O–H groups in total. The normalized spacial score (nSPS) is 16.6. The third-order valence-corrected chi connectivity index (χ3v) is 6.96. The third kappa shape index (κ3) is 7.88. The van der Waals surface area contributed by atoms with Gasteiger partial charge in [-0.25, -0.2) is 0 Å². The van der Waals surface area contributed by atoms with E-state index in [1.54, 1.807) is 21.3 Å². The highest BCUT2D eigenvalue weighted by atomic mass is 127. The molecule has 0 aromatic heterocycles. The van der Waals surface area contributed by atoms with Gasteiger partial charge in [-0.15, -0.1) is 24.0 Å². The summed E-state index contributed by atoms with van der Waals surface area (Å²) in [5.41, 5.74) is 1.13. The number of nitrogens with one attached hydrogen (secondary N) is 1. The molecule has 1 unspecified atom stereocenters. The maximum Gasteiger partial charge on any atom is 0.193 e. The van der Waals surface area contributed by atoms with Gasteiger partial charge in [-0.05, 0) is 39.0 Å². The van der Waals surface area contributed by atoms with Crippen LogP contribution in [0.1, 0.15) is 26.3 Å². The van der Waals surface area contributed by atoms with Gasteiger partial charge in [0, 0.05) is 73.2 Å². The standard InChI is InChI=1S/C21H36N4O3S.HI/c1-21(2,3)29(26)14-9-23-20(22-4)25-12-10-24(11-13-25)16-17-15-18(27-5)7-8-19(17)28-6;/h7-8,15H,9-14,16H2,1-6H3,(H,22,23);1H. The van der Waals surface area contributed by atoms with E-state index < -0.39 is 10.8 Å². The molecule has 0 radical (unpaired) electrons. The molecule has 9 heteroatoms. The molecule has 1 atom stereocenters. The summed E-state index contributed by atoms with van der Waals surface area (Å²) in [6.45, 7) is 11.2. The van der Waals surface area contributed by atoms with Gasteiger partial charge < -0.3 is 19.7 Å². The molecular formula is C21H37IN4O3S. The molecule has 1 fully saturated rings. The van der Waals surface area contributed by atoms with Crippen LogP contribution in [0, 0.1) is 0 Å². The fraction of sp³-hybridized carbons (Fsp3) is 0.667. The molecule has 1 saturated heterocycles. The highest BCUT2D eigenvalue weighted by molar-refractivity contribution is 14.0. The second-order valence-electron chi connectivity index (χ2n) is 8.08. The van der Waals surface area contributed by atoms with Crippen LogP contribution in [0.25, 0.3) is 0 Å². The minimum atomic E-state index is -0.862. The first kappa shape index (κ1) is 27.0. The van der Waals surface area contributed by atoms with Gasteiger partial charge in [0.1, 0.15) is 11.5 Å². The Balaban J connectivity index is 0.00000450. The highest BCUT2D eigenvalue weighted by Crippen LogP contribution is 2.25. The van der Waals surface area contributed by atoms with E-state index in [4.69, 9.17) is 9.47 Å². The summed E-state index contributed by atoms with van der Waals surface area (Å²) in [4.78, 5) is 9.08. The summed E-state index contributed by atoms with van der Waals surface area (Å²) in [7, 11) is 4.32. The van der Waals surface area contributed by atoms with Gasteiger partial charge in [0.15, 0.2) is 5.96 Å². The first-order chi connectivity index (χ1) is 13.8. The molecule has 172 valence electrons. The summed E-state index contributed by atoms with van der Waals surface area (Å²) in [5.74, 6) is 3.24. The Morgan fingerprint density at radius 3 is 2.37 bits per heavy atom. The predicted octanol–water partition coefficient (Wildman–Crippen LogP) is 2.56. The van der Waals surface area contributed by atoms with Gasteiger partial charge in [-0.2, -0.15) is 0 Å². The molecule has 1 heterocycles. The molecule has 0 spiro atoms. The number of nitrogens with zero attached hydrogens (tertiary/aromatic N) is 3. The molecule has 0 aliphatic carbocycles. The minimum absolute atomic E-state index is 0. The molecule has 0 saturated carbocycles. The number of hydrogen-bond acceptors (Lipinski definition) is 5. The number of halogens is 1. The van der Waals surface area contributed by atoms with Crippen molar-refractivity contribution in [3.63, 3.8) is 0 Å². The smallest absolute Gasteiger partial charge is 0.193 e. The molecular weight excluding hydrogens is 515 g/mol. The lowest BCUT2D eigenvalue weighted by molar-refractivity contribution is 0.171. The fourth-order valence-electron chi connectivity index (χ4n) is 3.26. The van der Waals surface area contributed by atoms with Crippen molar-refractivity contribution in [2.75, 3.05) is 59.7 Å². The molecule has 2 rings (SSSR count). The van der Waals surface area contributed by atoms with Crippen molar-refractivity contribution in [3.8, 4) is 11.5 Å². The van der Waals surface area contributed by atoms with E-state index in [0.29, 0.717) is 12.3 Å². The van der Waals surface area contributed by atoms with Crippen LogP contribution in [-0.2, 0) is 17.3 Å². The summed E-state index contributed by atoms with van der Waals surface area (Å²) < 4.78 is 22.9. The van der Waals surface area contributed by atoms with Gasteiger partial charge in [0.05, 0.1) is 14.2 Å². The number of ether oxygens (including phenoxy) is 2.